The van der Waals surface area contributed by atoms with E-state index < -0.39 is 10.0 Å². The second-order valence-electron chi connectivity index (χ2n) is 7.39. The zero-order chi connectivity index (χ0) is 24.3. The minimum absolute atomic E-state index is 0.0320. The van der Waals surface area contributed by atoms with Gasteiger partial charge in [0.15, 0.2) is 11.0 Å². The van der Waals surface area contributed by atoms with Crippen molar-refractivity contribution in [1.29, 1.82) is 0 Å². The Balaban J connectivity index is 1.58. The third-order valence-corrected chi connectivity index (χ3v) is 6.90. The highest BCUT2D eigenvalue weighted by atomic mass is 35.5. The zero-order valence-electron chi connectivity index (χ0n) is 18.0. The van der Waals surface area contributed by atoms with Crippen molar-refractivity contribution >= 4 is 45.0 Å². The fraction of sp³-hybridized carbons (Fsp3) is 0.0870. The van der Waals surface area contributed by atoms with E-state index in [4.69, 9.17) is 16.7 Å². The highest BCUT2D eigenvalue weighted by molar-refractivity contribution is 7.99. The summed E-state index contributed by atoms with van der Waals surface area (Å²) in [5.41, 5.74) is 3.12. The molecule has 0 fully saturated rings. The Hall–Kier alpha value is -3.18. The van der Waals surface area contributed by atoms with E-state index in [2.05, 4.69) is 15.5 Å². The molecule has 0 aliphatic carbocycles. The molecule has 8 nitrogen and oxygen atoms in total. The number of nitrogens with zero attached hydrogens (tertiary/aromatic N) is 3. The molecule has 0 saturated heterocycles. The first-order valence-corrected chi connectivity index (χ1v) is 13.0. The van der Waals surface area contributed by atoms with Crippen LogP contribution in [0.25, 0.3) is 17.1 Å². The molecule has 4 rings (SSSR count). The van der Waals surface area contributed by atoms with Crippen molar-refractivity contribution in [3.05, 3.63) is 83.4 Å². The molecule has 0 radical (unpaired) electrons. The first-order chi connectivity index (χ1) is 16.2. The highest BCUT2D eigenvalue weighted by Gasteiger charge is 2.18. The summed E-state index contributed by atoms with van der Waals surface area (Å²) in [6, 6.07) is 20.9. The Kier molecular flexibility index (Phi) is 7.03. The number of nitrogens with one attached hydrogen (secondary N) is 1. The molecule has 3 N–H and O–H groups in total. The van der Waals surface area contributed by atoms with Gasteiger partial charge in [-0.2, -0.15) is 0 Å². The maximum absolute atomic E-state index is 12.6. The second-order valence-corrected chi connectivity index (χ2v) is 10.3. The number of carbonyl (C=O) groups is 1. The molecule has 1 heterocycles. The van der Waals surface area contributed by atoms with Crippen molar-refractivity contribution < 1.29 is 13.2 Å². The van der Waals surface area contributed by atoms with Crippen LogP contribution in [0.2, 0.25) is 5.02 Å². The molecular weight excluding hydrogens is 494 g/mol. The summed E-state index contributed by atoms with van der Waals surface area (Å²) < 4.78 is 25.0. The van der Waals surface area contributed by atoms with Crippen LogP contribution in [0.15, 0.2) is 82.8 Å². The molecule has 4 aromatic rings. The van der Waals surface area contributed by atoms with Crippen LogP contribution in [0.1, 0.15) is 5.56 Å². The van der Waals surface area contributed by atoms with Crippen LogP contribution in [0.5, 0.6) is 0 Å². The molecule has 0 atom stereocenters. The lowest BCUT2D eigenvalue weighted by Crippen LogP contribution is -2.16. The summed E-state index contributed by atoms with van der Waals surface area (Å²) in [6.07, 6.45) is 0. The number of nitrogens with two attached hydrogens (primary N) is 1. The predicted molar refractivity (Wildman–Crippen MR) is 134 cm³/mol. The third-order valence-electron chi connectivity index (χ3n) is 4.81. The van der Waals surface area contributed by atoms with Gasteiger partial charge in [-0.3, -0.25) is 9.36 Å². The monoisotopic (exact) mass is 513 g/mol. The number of halogens is 1. The van der Waals surface area contributed by atoms with E-state index in [1.54, 1.807) is 18.2 Å². The second kappa shape index (κ2) is 9.98. The van der Waals surface area contributed by atoms with E-state index in [9.17, 15) is 13.2 Å². The number of hydrogen-bond donors (Lipinski definition) is 2. The van der Waals surface area contributed by atoms with Gasteiger partial charge in [0.25, 0.3) is 0 Å². The highest BCUT2D eigenvalue weighted by Crippen LogP contribution is 2.29. The molecule has 0 bridgehead atoms. The van der Waals surface area contributed by atoms with Gasteiger partial charge in [-0.25, -0.2) is 13.6 Å². The Bertz CT molecular complexity index is 1440. The first-order valence-electron chi connectivity index (χ1n) is 10.0. The maximum Gasteiger partial charge on any atom is 0.238 e. The van der Waals surface area contributed by atoms with Gasteiger partial charge in [-0.15, -0.1) is 10.2 Å². The van der Waals surface area contributed by atoms with Crippen LogP contribution >= 0.6 is 23.4 Å². The standard InChI is InChI=1S/C23H20ClN5O3S2/c1-15-5-11-19(12-6-15)29-22(16-7-9-17(24)10-8-16)27-28-23(29)33-14-21(30)26-18-3-2-4-20(13-18)34(25,31)32/h2-13H,14H2,1H3,(H,26,30)(H2,25,31,32). The number of thioether (sulfide) groups is 1. The number of hydrogen-bond acceptors (Lipinski definition) is 6. The molecule has 0 spiro atoms. The Morgan fingerprint density at radius 2 is 1.76 bits per heavy atom. The number of amides is 1. The van der Waals surface area contributed by atoms with Crippen molar-refractivity contribution in [2.45, 2.75) is 17.0 Å². The van der Waals surface area contributed by atoms with E-state index in [0.29, 0.717) is 21.7 Å². The molecule has 3 aromatic carbocycles. The van der Waals surface area contributed by atoms with Gasteiger partial charge in [0, 0.05) is 22.0 Å². The maximum atomic E-state index is 12.6. The lowest BCUT2D eigenvalue weighted by molar-refractivity contribution is -0.113. The van der Waals surface area contributed by atoms with Crippen LogP contribution in [0.4, 0.5) is 5.69 Å². The van der Waals surface area contributed by atoms with Crippen molar-refractivity contribution in [2.75, 3.05) is 11.1 Å². The molecular formula is C23H20ClN5O3S2. The van der Waals surface area contributed by atoms with Crippen LogP contribution in [0, 0.1) is 6.92 Å². The molecule has 174 valence electrons. The van der Waals surface area contributed by atoms with Gasteiger partial charge in [-0.1, -0.05) is 47.1 Å². The van der Waals surface area contributed by atoms with E-state index >= 15 is 0 Å². The largest absolute Gasteiger partial charge is 0.325 e. The topological polar surface area (TPSA) is 120 Å². The van der Waals surface area contributed by atoms with Crippen molar-refractivity contribution in [2.24, 2.45) is 5.14 Å². The average molecular weight is 514 g/mol. The van der Waals surface area contributed by atoms with Gasteiger partial charge in [0.05, 0.1) is 10.6 Å². The molecule has 11 heteroatoms. The Labute approximate surface area is 206 Å². The van der Waals surface area contributed by atoms with Gasteiger partial charge in [0.1, 0.15) is 0 Å². The normalized spacial score (nSPS) is 11.4. The summed E-state index contributed by atoms with van der Waals surface area (Å²) in [4.78, 5) is 12.5. The zero-order valence-corrected chi connectivity index (χ0v) is 20.4. The molecule has 1 aromatic heterocycles. The van der Waals surface area contributed by atoms with Crippen LogP contribution in [0.3, 0.4) is 0 Å². The van der Waals surface area contributed by atoms with E-state index in [-0.39, 0.29) is 16.6 Å². The number of aryl methyl sites for hydroxylation is 1. The number of anilines is 1. The van der Waals surface area contributed by atoms with E-state index in [1.807, 2.05) is 47.9 Å². The number of sulfonamides is 1. The van der Waals surface area contributed by atoms with Crippen molar-refractivity contribution in [3.8, 4) is 17.1 Å². The van der Waals surface area contributed by atoms with E-state index in [1.165, 1.54) is 30.0 Å². The van der Waals surface area contributed by atoms with Crippen LogP contribution in [-0.2, 0) is 14.8 Å². The molecule has 0 aliphatic rings. The molecule has 1 amide bonds. The van der Waals surface area contributed by atoms with Crippen LogP contribution in [-0.4, -0.2) is 34.8 Å². The molecule has 0 aliphatic heterocycles. The fourth-order valence-corrected chi connectivity index (χ4v) is 4.59. The number of rotatable bonds is 7. The molecule has 0 unspecified atom stereocenters. The molecule has 0 saturated carbocycles. The smallest absolute Gasteiger partial charge is 0.238 e. The summed E-state index contributed by atoms with van der Waals surface area (Å²) in [7, 11) is -3.87. The number of carbonyl (C=O) groups excluding carboxylic acids is 1. The minimum Gasteiger partial charge on any atom is -0.325 e. The predicted octanol–water partition coefficient (Wildman–Crippen LogP) is 4.27. The summed E-state index contributed by atoms with van der Waals surface area (Å²) in [5, 5.41) is 17.6. The fourth-order valence-electron chi connectivity index (χ4n) is 3.15. The number of primary sulfonamides is 1. The average Bonchev–Trinajstić information content (AvgIpc) is 3.22. The van der Waals surface area contributed by atoms with Gasteiger partial charge in [0.2, 0.25) is 15.9 Å². The van der Waals surface area contributed by atoms with E-state index in [0.717, 1.165) is 16.8 Å². The summed E-state index contributed by atoms with van der Waals surface area (Å²) in [5.74, 6) is 0.317. The lowest BCUT2D eigenvalue weighted by Gasteiger charge is -2.11. The minimum atomic E-state index is -3.87. The van der Waals surface area contributed by atoms with Gasteiger partial charge in [-0.05, 0) is 61.5 Å². The quantitative estimate of drug-likeness (QED) is 0.356. The summed E-state index contributed by atoms with van der Waals surface area (Å²) >= 11 is 7.24. The Morgan fingerprint density at radius 3 is 2.44 bits per heavy atom. The van der Waals surface area contributed by atoms with Crippen molar-refractivity contribution in [3.63, 3.8) is 0 Å². The van der Waals surface area contributed by atoms with Gasteiger partial charge < -0.3 is 5.32 Å². The summed E-state index contributed by atoms with van der Waals surface area (Å²) in [6.45, 7) is 2.00. The van der Waals surface area contributed by atoms with Crippen molar-refractivity contribution in [1.82, 2.24) is 14.8 Å². The Morgan fingerprint density at radius 1 is 1.06 bits per heavy atom. The SMILES string of the molecule is Cc1ccc(-n2c(SCC(=O)Nc3cccc(S(N)(=O)=O)c3)nnc2-c2ccc(Cl)cc2)cc1. The molecule has 34 heavy (non-hydrogen) atoms. The van der Waals surface area contributed by atoms with Crippen LogP contribution < -0.4 is 10.5 Å². The third kappa shape index (κ3) is 5.65. The number of benzene rings is 3. The first kappa shape index (κ1) is 24.0. The van der Waals surface area contributed by atoms with Gasteiger partial charge >= 0.3 is 0 Å². The lowest BCUT2D eigenvalue weighted by atomic mass is 10.2. The number of aromatic nitrogens is 3.